The van der Waals surface area contributed by atoms with E-state index in [9.17, 15) is 4.79 Å². The van der Waals surface area contributed by atoms with E-state index in [1.165, 1.54) is 12.8 Å². The molecular weight excluding hydrogens is 202 g/mol. The summed E-state index contributed by atoms with van der Waals surface area (Å²) in [7, 11) is 0. The van der Waals surface area contributed by atoms with Crippen LogP contribution in [-0.2, 0) is 4.74 Å². The predicted octanol–water partition coefficient (Wildman–Crippen LogP) is 3.19. The average Bonchev–Trinajstić information content (AvgIpc) is 2.17. The number of nitrogens with one attached hydrogen (secondary N) is 1. The second-order valence-corrected chi connectivity index (χ2v) is 5.30. The molecule has 94 valence electrons. The van der Waals surface area contributed by atoms with Gasteiger partial charge in [0, 0.05) is 6.54 Å². The fourth-order valence-electron chi connectivity index (χ4n) is 2.57. The van der Waals surface area contributed by atoms with Crippen molar-refractivity contribution in [2.75, 3.05) is 6.54 Å². The first-order chi connectivity index (χ1) is 7.54. The van der Waals surface area contributed by atoms with Crippen LogP contribution < -0.4 is 5.32 Å². The van der Waals surface area contributed by atoms with E-state index in [2.05, 4.69) is 26.1 Å². The molecule has 16 heavy (non-hydrogen) atoms. The van der Waals surface area contributed by atoms with Crippen LogP contribution in [0.1, 0.15) is 47.0 Å². The second kappa shape index (κ2) is 6.12. The normalized spacial score (nSPS) is 30.2. The summed E-state index contributed by atoms with van der Waals surface area (Å²) < 4.78 is 5.53. The topological polar surface area (TPSA) is 38.3 Å². The molecular formula is C13H25NO2. The van der Waals surface area contributed by atoms with Crippen LogP contribution in [0.25, 0.3) is 0 Å². The van der Waals surface area contributed by atoms with Gasteiger partial charge in [-0.05, 0) is 37.5 Å². The number of ether oxygens (including phenoxy) is 1. The summed E-state index contributed by atoms with van der Waals surface area (Å²) in [5.41, 5.74) is 0. The van der Waals surface area contributed by atoms with Gasteiger partial charge in [0.15, 0.2) is 0 Å². The van der Waals surface area contributed by atoms with Gasteiger partial charge in [0.05, 0.1) is 0 Å². The molecule has 1 rings (SSSR count). The lowest BCUT2D eigenvalue weighted by molar-refractivity contribution is 0.00643. The summed E-state index contributed by atoms with van der Waals surface area (Å²) in [6.07, 6.45) is 3.31. The third-order valence-electron chi connectivity index (χ3n) is 3.54. The molecule has 0 unspecified atom stereocenters. The molecule has 0 aromatic rings. The molecule has 3 nitrogen and oxygen atoms in total. The number of hydrogen-bond donors (Lipinski definition) is 1. The maximum atomic E-state index is 11.5. The van der Waals surface area contributed by atoms with E-state index in [4.69, 9.17) is 4.74 Å². The van der Waals surface area contributed by atoms with Crippen molar-refractivity contribution in [3.05, 3.63) is 0 Å². The van der Waals surface area contributed by atoms with Crippen LogP contribution >= 0.6 is 0 Å². The van der Waals surface area contributed by atoms with Crippen LogP contribution in [0.5, 0.6) is 0 Å². The Balaban J connectivity index is 2.54. The van der Waals surface area contributed by atoms with Gasteiger partial charge in [-0.2, -0.15) is 0 Å². The Bertz CT molecular complexity index is 228. The molecule has 3 heteroatoms. The van der Waals surface area contributed by atoms with Crippen molar-refractivity contribution in [2.45, 2.75) is 53.1 Å². The van der Waals surface area contributed by atoms with Crippen molar-refractivity contribution in [2.24, 2.45) is 17.8 Å². The third-order valence-corrected chi connectivity index (χ3v) is 3.54. The number of carbonyl (C=O) groups is 1. The zero-order valence-corrected chi connectivity index (χ0v) is 11.0. The summed E-state index contributed by atoms with van der Waals surface area (Å²) in [5.74, 6) is 1.79. The fourth-order valence-corrected chi connectivity index (χ4v) is 2.57. The van der Waals surface area contributed by atoms with E-state index >= 15 is 0 Å². The summed E-state index contributed by atoms with van der Waals surface area (Å²) in [5, 5.41) is 2.71. The monoisotopic (exact) mass is 227 g/mol. The SMILES string of the molecule is CCNC(=O)O[C@@H]1C[C@@H](C)CC[C@H]1C(C)C. The standard InChI is InChI=1S/C13H25NO2/c1-5-14-13(15)16-12-8-10(4)6-7-11(12)9(2)3/h9-12H,5-8H2,1-4H3,(H,14,15)/t10-,11-,12+/m0/s1. The maximum absolute atomic E-state index is 11.5. The van der Waals surface area contributed by atoms with E-state index < -0.39 is 0 Å². The molecule has 1 N–H and O–H groups in total. The van der Waals surface area contributed by atoms with E-state index in [0.29, 0.717) is 24.3 Å². The lowest BCUT2D eigenvalue weighted by Crippen LogP contribution is -2.38. The molecule has 0 bridgehead atoms. The lowest BCUT2D eigenvalue weighted by Gasteiger charge is -2.36. The van der Waals surface area contributed by atoms with Crippen LogP contribution in [0, 0.1) is 17.8 Å². The highest BCUT2D eigenvalue weighted by molar-refractivity contribution is 5.67. The molecule has 1 aliphatic carbocycles. The maximum Gasteiger partial charge on any atom is 0.407 e. The molecule has 0 aromatic heterocycles. The number of carbonyl (C=O) groups excluding carboxylic acids is 1. The minimum atomic E-state index is -0.257. The number of rotatable bonds is 3. The highest BCUT2D eigenvalue weighted by atomic mass is 16.6. The van der Waals surface area contributed by atoms with E-state index in [-0.39, 0.29) is 12.2 Å². The van der Waals surface area contributed by atoms with Crippen LogP contribution in [0.15, 0.2) is 0 Å². The zero-order chi connectivity index (χ0) is 12.1. The third kappa shape index (κ3) is 3.69. The molecule has 0 radical (unpaired) electrons. The quantitative estimate of drug-likeness (QED) is 0.804. The van der Waals surface area contributed by atoms with E-state index in [0.717, 1.165) is 6.42 Å². The molecule has 1 amide bonds. The summed E-state index contributed by atoms with van der Waals surface area (Å²) in [6, 6.07) is 0. The minimum Gasteiger partial charge on any atom is -0.446 e. The Kier molecular flexibility index (Phi) is 5.10. The van der Waals surface area contributed by atoms with Crippen molar-refractivity contribution in [3.63, 3.8) is 0 Å². The highest BCUT2D eigenvalue weighted by Crippen LogP contribution is 2.35. The second-order valence-electron chi connectivity index (χ2n) is 5.30. The van der Waals surface area contributed by atoms with Crippen molar-refractivity contribution in [1.82, 2.24) is 5.32 Å². The summed E-state index contributed by atoms with van der Waals surface area (Å²) >= 11 is 0. The summed E-state index contributed by atoms with van der Waals surface area (Å²) in [6.45, 7) is 9.21. The smallest absolute Gasteiger partial charge is 0.407 e. The first kappa shape index (κ1) is 13.3. The van der Waals surface area contributed by atoms with Gasteiger partial charge in [0.25, 0.3) is 0 Å². The molecule has 0 aromatic carbocycles. The first-order valence-electron chi connectivity index (χ1n) is 6.49. The fraction of sp³-hybridized carbons (Fsp3) is 0.923. The Morgan fingerprint density at radius 2 is 2.12 bits per heavy atom. The number of amides is 1. The Morgan fingerprint density at radius 1 is 1.44 bits per heavy atom. The first-order valence-corrected chi connectivity index (χ1v) is 6.49. The zero-order valence-electron chi connectivity index (χ0n) is 11.0. The van der Waals surface area contributed by atoms with Crippen LogP contribution in [0.3, 0.4) is 0 Å². The molecule has 0 spiro atoms. The van der Waals surface area contributed by atoms with E-state index in [1.807, 2.05) is 6.92 Å². The van der Waals surface area contributed by atoms with Crippen molar-refractivity contribution in [1.29, 1.82) is 0 Å². The minimum absolute atomic E-state index is 0.107. The molecule has 0 saturated heterocycles. The van der Waals surface area contributed by atoms with Crippen LogP contribution in [-0.4, -0.2) is 18.7 Å². The van der Waals surface area contributed by atoms with E-state index in [1.54, 1.807) is 0 Å². The van der Waals surface area contributed by atoms with Crippen molar-refractivity contribution < 1.29 is 9.53 Å². The average molecular weight is 227 g/mol. The van der Waals surface area contributed by atoms with Crippen LogP contribution in [0.4, 0.5) is 4.79 Å². The van der Waals surface area contributed by atoms with Gasteiger partial charge in [-0.25, -0.2) is 4.79 Å². The highest BCUT2D eigenvalue weighted by Gasteiger charge is 2.33. The van der Waals surface area contributed by atoms with Crippen LogP contribution in [0.2, 0.25) is 0 Å². The van der Waals surface area contributed by atoms with Gasteiger partial charge in [-0.15, -0.1) is 0 Å². The Morgan fingerprint density at radius 3 is 2.69 bits per heavy atom. The molecule has 0 heterocycles. The number of hydrogen-bond acceptors (Lipinski definition) is 2. The van der Waals surface area contributed by atoms with Crippen molar-refractivity contribution in [3.8, 4) is 0 Å². The molecule has 1 aliphatic rings. The van der Waals surface area contributed by atoms with Gasteiger partial charge in [0.1, 0.15) is 6.10 Å². The Labute approximate surface area is 98.9 Å². The van der Waals surface area contributed by atoms with Gasteiger partial charge < -0.3 is 10.1 Å². The number of alkyl carbamates (subject to hydrolysis) is 1. The Hall–Kier alpha value is -0.730. The molecule has 0 aliphatic heterocycles. The predicted molar refractivity (Wildman–Crippen MR) is 65.3 cm³/mol. The van der Waals surface area contributed by atoms with Gasteiger partial charge in [-0.3, -0.25) is 0 Å². The lowest BCUT2D eigenvalue weighted by atomic mass is 9.75. The largest absolute Gasteiger partial charge is 0.446 e. The molecule has 3 atom stereocenters. The van der Waals surface area contributed by atoms with Gasteiger partial charge in [-0.1, -0.05) is 27.2 Å². The summed E-state index contributed by atoms with van der Waals surface area (Å²) in [4.78, 5) is 11.5. The molecule has 1 fully saturated rings. The van der Waals surface area contributed by atoms with Gasteiger partial charge >= 0.3 is 6.09 Å². The van der Waals surface area contributed by atoms with Crippen molar-refractivity contribution >= 4 is 6.09 Å². The van der Waals surface area contributed by atoms with Gasteiger partial charge in [0.2, 0.25) is 0 Å². The molecule has 1 saturated carbocycles.